The molecule has 0 radical (unpaired) electrons. The minimum atomic E-state index is -3.91. The average molecular weight is 399 g/mol. The number of sulfonamides is 1. The van der Waals surface area contributed by atoms with Crippen LogP contribution in [0.5, 0.6) is 0 Å². The minimum Gasteiger partial charge on any atom is -0.478 e. The highest BCUT2D eigenvalue weighted by molar-refractivity contribution is 14.1. The van der Waals surface area contributed by atoms with E-state index < -0.39 is 21.6 Å². The lowest BCUT2D eigenvalue weighted by molar-refractivity contribution is -0.0357. The molecule has 0 spiro atoms. The second-order valence-electron chi connectivity index (χ2n) is 4.75. The molecular weight excluding hydrogens is 385 g/mol. The monoisotopic (exact) mass is 399 g/mol. The Bertz CT molecular complexity index is 592. The molecule has 0 aliphatic heterocycles. The maximum Gasteiger partial charge on any atom is 0.336 e. The van der Waals surface area contributed by atoms with Crippen LogP contribution in [-0.2, 0) is 14.9 Å². The predicted molar refractivity (Wildman–Crippen MR) is 77.3 cm³/mol. The average Bonchev–Trinajstić information content (AvgIpc) is 2.25. The molecule has 1 rings (SSSR count). The Morgan fingerprint density at radius 2 is 1.95 bits per heavy atom. The number of aromatic carboxylic acids is 1. The summed E-state index contributed by atoms with van der Waals surface area (Å²) in [4.78, 5) is 17.8. The van der Waals surface area contributed by atoms with E-state index in [1.807, 2.05) is 27.5 Å². The van der Waals surface area contributed by atoms with Crippen LogP contribution in [0, 0.1) is 3.57 Å². The third-order valence-corrected chi connectivity index (χ3v) is 4.05. The van der Waals surface area contributed by atoms with E-state index in [1.165, 1.54) is 12.1 Å². The number of benzene rings is 1. The summed E-state index contributed by atoms with van der Waals surface area (Å²) in [5.41, 5.74) is -0.759. The van der Waals surface area contributed by atoms with Crippen LogP contribution < -0.4 is 4.89 Å². The van der Waals surface area contributed by atoms with Crippen LogP contribution in [0.3, 0.4) is 0 Å². The fourth-order valence-corrected chi connectivity index (χ4v) is 2.61. The predicted octanol–water partition coefficient (Wildman–Crippen LogP) is 2.00. The van der Waals surface area contributed by atoms with Crippen molar-refractivity contribution >= 4 is 38.6 Å². The molecule has 0 heterocycles. The van der Waals surface area contributed by atoms with Crippen LogP contribution in [-0.4, -0.2) is 25.1 Å². The van der Waals surface area contributed by atoms with E-state index in [2.05, 4.69) is 0 Å². The Balaban J connectivity index is 3.09. The summed E-state index contributed by atoms with van der Waals surface area (Å²) in [5.74, 6) is -1.18. The highest BCUT2D eigenvalue weighted by atomic mass is 127. The van der Waals surface area contributed by atoms with Gasteiger partial charge in [-0.1, -0.05) is 4.89 Å². The van der Waals surface area contributed by atoms with Crippen molar-refractivity contribution in [2.24, 2.45) is 0 Å². The van der Waals surface area contributed by atoms with Gasteiger partial charge in [-0.05, 0) is 61.6 Å². The summed E-state index contributed by atoms with van der Waals surface area (Å²) in [7, 11) is -3.91. The first kappa shape index (κ1) is 16.3. The molecule has 0 aromatic heterocycles. The Labute approximate surface area is 125 Å². The largest absolute Gasteiger partial charge is 0.478 e. The molecule has 6 nitrogen and oxygen atoms in total. The first-order valence-corrected chi connectivity index (χ1v) is 7.82. The zero-order chi connectivity index (χ0) is 14.8. The topological polar surface area (TPSA) is 92.7 Å². The molecule has 1 aromatic rings. The number of carboxylic acids is 1. The van der Waals surface area contributed by atoms with Gasteiger partial charge in [0.05, 0.1) is 16.1 Å². The normalized spacial score (nSPS) is 12.4. The zero-order valence-corrected chi connectivity index (χ0v) is 13.6. The Morgan fingerprint density at radius 1 is 1.37 bits per heavy atom. The molecule has 0 bridgehead atoms. The van der Waals surface area contributed by atoms with E-state index in [0.717, 1.165) is 6.07 Å². The maximum atomic E-state index is 11.9. The van der Waals surface area contributed by atoms with Crippen LogP contribution in [0.1, 0.15) is 31.1 Å². The van der Waals surface area contributed by atoms with Crippen molar-refractivity contribution in [1.29, 1.82) is 0 Å². The molecule has 106 valence electrons. The van der Waals surface area contributed by atoms with E-state index in [0.29, 0.717) is 3.57 Å². The molecule has 0 aliphatic carbocycles. The second kappa shape index (κ2) is 5.73. The summed E-state index contributed by atoms with van der Waals surface area (Å²) in [5, 5.41) is 8.96. The molecule has 19 heavy (non-hydrogen) atoms. The molecule has 0 unspecified atom stereocenters. The van der Waals surface area contributed by atoms with Crippen molar-refractivity contribution in [2.45, 2.75) is 31.3 Å². The van der Waals surface area contributed by atoms with Gasteiger partial charge in [0.2, 0.25) is 0 Å². The van der Waals surface area contributed by atoms with Crippen molar-refractivity contribution in [3.05, 3.63) is 27.3 Å². The smallest absolute Gasteiger partial charge is 0.336 e. The van der Waals surface area contributed by atoms with Gasteiger partial charge in [-0.25, -0.2) is 13.2 Å². The van der Waals surface area contributed by atoms with E-state index in [4.69, 9.17) is 9.94 Å². The maximum absolute atomic E-state index is 11.9. The zero-order valence-electron chi connectivity index (χ0n) is 10.6. The third kappa shape index (κ3) is 4.71. The van der Waals surface area contributed by atoms with Crippen LogP contribution in [0.2, 0.25) is 0 Å². The van der Waals surface area contributed by atoms with Crippen LogP contribution in [0.15, 0.2) is 23.1 Å². The molecular formula is C11H14INO5S. The van der Waals surface area contributed by atoms with Gasteiger partial charge in [-0.2, -0.15) is 0 Å². The van der Waals surface area contributed by atoms with Crippen molar-refractivity contribution in [3.8, 4) is 0 Å². The number of nitrogens with one attached hydrogen (secondary N) is 1. The van der Waals surface area contributed by atoms with Gasteiger partial charge in [0.15, 0.2) is 0 Å². The van der Waals surface area contributed by atoms with Gasteiger partial charge in [-0.15, -0.1) is 0 Å². The molecule has 0 amide bonds. The lowest BCUT2D eigenvalue weighted by Gasteiger charge is -2.19. The number of hydrogen-bond donors (Lipinski definition) is 2. The molecule has 0 saturated carbocycles. The molecule has 1 aromatic carbocycles. The quantitative estimate of drug-likeness (QED) is 0.597. The number of halogens is 1. The van der Waals surface area contributed by atoms with Crippen LogP contribution in [0.25, 0.3) is 0 Å². The van der Waals surface area contributed by atoms with Gasteiger partial charge < -0.3 is 5.11 Å². The van der Waals surface area contributed by atoms with E-state index >= 15 is 0 Å². The van der Waals surface area contributed by atoms with Gasteiger partial charge in [0.25, 0.3) is 10.0 Å². The number of hydrogen-bond acceptors (Lipinski definition) is 4. The minimum absolute atomic E-state index is 0.0702. The summed E-state index contributed by atoms with van der Waals surface area (Å²) >= 11 is 1.83. The van der Waals surface area contributed by atoms with Crippen molar-refractivity contribution in [3.63, 3.8) is 0 Å². The lowest BCUT2D eigenvalue weighted by atomic mass is 10.2. The highest BCUT2D eigenvalue weighted by Crippen LogP contribution is 2.18. The number of rotatable bonds is 4. The van der Waals surface area contributed by atoms with E-state index in [-0.39, 0.29) is 10.5 Å². The third-order valence-electron chi connectivity index (χ3n) is 1.94. The number of carboxylic acid groups (broad SMARTS) is 1. The summed E-state index contributed by atoms with van der Waals surface area (Å²) in [6, 6.07) is 3.84. The molecule has 0 aliphatic rings. The van der Waals surface area contributed by atoms with E-state index in [1.54, 1.807) is 20.8 Å². The van der Waals surface area contributed by atoms with Crippen LogP contribution in [0.4, 0.5) is 0 Å². The molecule has 8 heteroatoms. The van der Waals surface area contributed by atoms with Gasteiger partial charge in [-0.3, -0.25) is 4.84 Å². The SMILES string of the molecule is CC(C)(C)ONS(=O)(=O)c1ccc(I)c(C(=O)O)c1. The molecule has 0 atom stereocenters. The van der Waals surface area contributed by atoms with Crippen molar-refractivity contribution in [1.82, 2.24) is 4.89 Å². The first-order valence-electron chi connectivity index (χ1n) is 5.25. The fraction of sp³-hybridized carbons (Fsp3) is 0.364. The van der Waals surface area contributed by atoms with Crippen molar-refractivity contribution in [2.75, 3.05) is 0 Å². The molecule has 0 fully saturated rings. The Hall–Kier alpha value is -0.710. The summed E-state index contributed by atoms with van der Waals surface area (Å²) < 4.78 is 24.3. The van der Waals surface area contributed by atoms with Crippen molar-refractivity contribution < 1.29 is 23.2 Å². The molecule has 2 N–H and O–H groups in total. The lowest BCUT2D eigenvalue weighted by Crippen LogP contribution is -2.33. The first-order chi connectivity index (χ1) is 8.53. The van der Waals surface area contributed by atoms with Gasteiger partial charge in [0, 0.05) is 3.57 Å². The standard InChI is InChI=1S/C11H14INO5S/c1-11(2,3)18-13-19(16,17)7-4-5-9(12)8(6-7)10(14)15/h4-6,13H,1-3H3,(H,14,15). The fourth-order valence-electron chi connectivity index (χ4n) is 1.06. The highest BCUT2D eigenvalue weighted by Gasteiger charge is 2.21. The van der Waals surface area contributed by atoms with Gasteiger partial charge >= 0.3 is 5.97 Å². The van der Waals surface area contributed by atoms with Crippen LogP contribution >= 0.6 is 22.6 Å². The Morgan fingerprint density at radius 3 is 2.42 bits per heavy atom. The summed E-state index contributed by atoms with van der Waals surface area (Å²) in [6.07, 6.45) is 0. The molecule has 0 saturated heterocycles. The number of carbonyl (C=O) groups is 1. The Kier molecular flexibility index (Phi) is 4.93. The van der Waals surface area contributed by atoms with Gasteiger partial charge in [0.1, 0.15) is 0 Å². The van der Waals surface area contributed by atoms with E-state index in [9.17, 15) is 13.2 Å². The second-order valence-corrected chi connectivity index (χ2v) is 7.56. The summed E-state index contributed by atoms with van der Waals surface area (Å²) in [6.45, 7) is 5.06.